The fourth-order valence-electron chi connectivity index (χ4n) is 1.82. The molecule has 1 unspecified atom stereocenters. The van der Waals surface area contributed by atoms with Gasteiger partial charge in [0, 0.05) is 18.5 Å². The van der Waals surface area contributed by atoms with Crippen LogP contribution in [0.25, 0.3) is 0 Å². The van der Waals surface area contributed by atoms with E-state index in [0.29, 0.717) is 6.42 Å². The molecule has 7 heteroatoms. The number of nitrogens with one attached hydrogen (secondary N) is 2. The molecule has 1 atom stereocenters. The van der Waals surface area contributed by atoms with Crippen molar-refractivity contribution >= 4 is 11.8 Å². The normalized spacial score (nSPS) is 18.3. The summed E-state index contributed by atoms with van der Waals surface area (Å²) in [6.07, 6.45) is 0.628. The second-order valence-corrected chi connectivity index (χ2v) is 4.21. The fraction of sp³-hybridized carbons (Fsp3) is 0.333. The zero-order chi connectivity index (χ0) is 14.0. The summed E-state index contributed by atoms with van der Waals surface area (Å²) < 4.78 is 39.0. The lowest BCUT2D eigenvalue weighted by molar-refractivity contribution is -0.125. The summed E-state index contributed by atoms with van der Waals surface area (Å²) in [6, 6.07) is 1.19. The summed E-state index contributed by atoms with van der Waals surface area (Å²) in [5.74, 6) is -4.87. The van der Waals surface area contributed by atoms with Crippen LogP contribution in [0.5, 0.6) is 0 Å². The molecule has 1 fully saturated rings. The molecule has 1 aliphatic heterocycles. The van der Waals surface area contributed by atoms with Crippen LogP contribution in [0, 0.1) is 17.5 Å². The molecular weight excluding hydrogens is 261 g/mol. The minimum absolute atomic E-state index is 0.156. The van der Waals surface area contributed by atoms with Crippen LogP contribution >= 0.6 is 0 Å². The number of rotatable bonds is 3. The van der Waals surface area contributed by atoms with Gasteiger partial charge in [-0.05, 0) is 12.5 Å². The number of benzene rings is 1. The van der Waals surface area contributed by atoms with Crippen molar-refractivity contribution < 1.29 is 22.8 Å². The highest BCUT2D eigenvalue weighted by molar-refractivity contribution is 5.90. The molecule has 0 bridgehead atoms. The van der Waals surface area contributed by atoms with E-state index >= 15 is 0 Å². The highest BCUT2D eigenvalue weighted by Gasteiger charge is 2.27. The Kier molecular flexibility index (Phi) is 3.73. The first-order valence-corrected chi connectivity index (χ1v) is 5.68. The lowest BCUT2D eigenvalue weighted by atomic mass is 10.1. The van der Waals surface area contributed by atoms with Gasteiger partial charge < -0.3 is 10.6 Å². The van der Waals surface area contributed by atoms with Crippen LogP contribution in [0.1, 0.15) is 18.4 Å². The Labute approximate surface area is 107 Å². The van der Waals surface area contributed by atoms with Gasteiger partial charge in [0.05, 0.1) is 0 Å². The van der Waals surface area contributed by atoms with E-state index in [9.17, 15) is 22.8 Å². The van der Waals surface area contributed by atoms with Crippen molar-refractivity contribution in [2.75, 3.05) is 0 Å². The molecule has 102 valence electrons. The summed E-state index contributed by atoms with van der Waals surface area (Å²) in [4.78, 5) is 22.5. The lowest BCUT2D eigenvalue weighted by Gasteiger charge is -2.11. The first-order valence-electron chi connectivity index (χ1n) is 5.68. The van der Waals surface area contributed by atoms with Crippen molar-refractivity contribution in [3.8, 4) is 0 Å². The van der Waals surface area contributed by atoms with Gasteiger partial charge in [-0.2, -0.15) is 0 Å². The molecule has 1 aromatic carbocycles. The minimum atomic E-state index is -1.57. The molecule has 0 saturated carbocycles. The van der Waals surface area contributed by atoms with E-state index in [0.717, 1.165) is 12.1 Å². The van der Waals surface area contributed by atoms with Crippen LogP contribution in [0.2, 0.25) is 0 Å². The highest BCUT2D eigenvalue weighted by atomic mass is 19.2. The van der Waals surface area contributed by atoms with Crippen molar-refractivity contribution in [3.63, 3.8) is 0 Å². The SMILES string of the molecule is O=C1CCC(C(=O)NCc2ccc(F)c(F)c2F)N1. The van der Waals surface area contributed by atoms with Gasteiger partial charge >= 0.3 is 0 Å². The molecule has 1 aromatic rings. The first kappa shape index (κ1) is 13.4. The van der Waals surface area contributed by atoms with Crippen LogP contribution < -0.4 is 10.6 Å². The van der Waals surface area contributed by atoms with Gasteiger partial charge in [-0.3, -0.25) is 9.59 Å². The summed E-state index contributed by atoms with van der Waals surface area (Å²) in [5, 5.41) is 4.81. The van der Waals surface area contributed by atoms with Gasteiger partial charge in [0.25, 0.3) is 0 Å². The monoisotopic (exact) mass is 272 g/mol. The van der Waals surface area contributed by atoms with Crippen LogP contribution in [-0.4, -0.2) is 17.9 Å². The second kappa shape index (κ2) is 5.29. The van der Waals surface area contributed by atoms with E-state index in [1.54, 1.807) is 0 Å². The van der Waals surface area contributed by atoms with E-state index in [2.05, 4.69) is 10.6 Å². The van der Waals surface area contributed by atoms with Gasteiger partial charge in [0.2, 0.25) is 11.8 Å². The average molecular weight is 272 g/mol. The number of amides is 2. The summed E-state index contributed by atoms with van der Waals surface area (Å²) in [5.41, 5.74) is -0.156. The Morgan fingerprint density at radius 3 is 2.68 bits per heavy atom. The van der Waals surface area contributed by atoms with E-state index in [4.69, 9.17) is 0 Å². The van der Waals surface area contributed by atoms with Gasteiger partial charge in [0.1, 0.15) is 6.04 Å². The Hall–Kier alpha value is -2.05. The van der Waals surface area contributed by atoms with Crippen LogP contribution in [0.15, 0.2) is 12.1 Å². The Bertz CT molecular complexity index is 534. The van der Waals surface area contributed by atoms with E-state index in [-0.39, 0.29) is 24.4 Å². The Morgan fingerprint density at radius 1 is 1.32 bits per heavy atom. The van der Waals surface area contributed by atoms with Crippen molar-refractivity contribution in [2.24, 2.45) is 0 Å². The van der Waals surface area contributed by atoms with Crippen LogP contribution in [0.3, 0.4) is 0 Å². The zero-order valence-corrected chi connectivity index (χ0v) is 9.80. The zero-order valence-electron chi connectivity index (χ0n) is 9.80. The number of halogens is 3. The van der Waals surface area contributed by atoms with Crippen molar-refractivity contribution in [1.29, 1.82) is 0 Å². The summed E-state index contributed by atoms with van der Waals surface area (Å²) >= 11 is 0. The largest absolute Gasteiger partial charge is 0.350 e. The molecule has 2 rings (SSSR count). The molecule has 2 N–H and O–H groups in total. The number of carbonyl (C=O) groups excluding carboxylic acids is 2. The Balaban J connectivity index is 1.97. The average Bonchev–Trinajstić information content (AvgIpc) is 2.81. The molecule has 0 spiro atoms. The van der Waals surface area contributed by atoms with Crippen molar-refractivity contribution in [1.82, 2.24) is 10.6 Å². The third-order valence-corrected chi connectivity index (χ3v) is 2.88. The topological polar surface area (TPSA) is 58.2 Å². The summed E-state index contributed by atoms with van der Waals surface area (Å²) in [7, 11) is 0. The molecule has 0 aromatic heterocycles. The molecular formula is C12H11F3N2O2. The molecule has 1 aliphatic rings. The molecule has 19 heavy (non-hydrogen) atoms. The van der Waals surface area contributed by atoms with Gasteiger partial charge in [-0.1, -0.05) is 6.07 Å². The second-order valence-electron chi connectivity index (χ2n) is 4.21. The molecule has 0 aliphatic carbocycles. The highest BCUT2D eigenvalue weighted by Crippen LogP contribution is 2.15. The van der Waals surface area contributed by atoms with Crippen molar-refractivity contribution in [3.05, 3.63) is 35.1 Å². The van der Waals surface area contributed by atoms with Crippen LogP contribution in [0.4, 0.5) is 13.2 Å². The minimum Gasteiger partial charge on any atom is -0.350 e. The lowest BCUT2D eigenvalue weighted by Crippen LogP contribution is -2.41. The predicted molar refractivity (Wildman–Crippen MR) is 59.3 cm³/mol. The smallest absolute Gasteiger partial charge is 0.242 e. The van der Waals surface area contributed by atoms with Crippen molar-refractivity contribution in [2.45, 2.75) is 25.4 Å². The molecule has 1 saturated heterocycles. The quantitative estimate of drug-likeness (QED) is 0.806. The maximum Gasteiger partial charge on any atom is 0.242 e. The molecule has 0 radical (unpaired) electrons. The Morgan fingerprint density at radius 2 is 2.05 bits per heavy atom. The van der Waals surface area contributed by atoms with Crippen LogP contribution in [-0.2, 0) is 16.1 Å². The van der Waals surface area contributed by atoms with E-state index in [1.807, 2.05) is 0 Å². The van der Waals surface area contributed by atoms with E-state index < -0.39 is 29.4 Å². The number of hydrogen-bond acceptors (Lipinski definition) is 2. The molecule has 4 nitrogen and oxygen atoms in total. The van der Waals surface area contributed by atoms with Gasteiger partial charge in [-0.25, -0.2) is 13.2 Å². The van der Waals surface area contributed by atoms with Gasteiger partial charge in [-0.15, -0.1) is 0 Å². The maximum atomic E-state index is 13.3. The number of hydrogen-bond donors (Lipinski definition) is 2. The predicted octanol–water partition coefficient (Wildman–Crippen LogP) is 0.999. The van der Waals surface area contributed by atoms with Gasteiger partial charge in [0.15, 0.2) is 17.5 Å². The third-order valence-electron chi connectivity index (χ3n) is 2.88. The fourth-order valence-corrected chi connectivity index (χ4v) is 1.82. The molecule has 2 amide bonds. The maximum absolute atomic E-state index is 13.3. The summed E-state index contributed by atoms with van der Waals surface area (Å²) in [6.45, 7) is -0.270. The first-order chi connectivity index (χ1) is 8.99. The third kappa shape index (κ3) is 2.86. The standard InChI is InChI=1S/C12H11F3N2O2/c13-7-2-1-6(10(14)11(7)15)5-16-12(19)8-3-4-9(18)17-8/h1-2,8H,3-5H2,(H,16,19)(H,17,18). The molecule has 1 heterocycles. The number of carbonyl (C=O) groups is 2. The van der Waals surface area contributed by atoms with E-state index in [1.165, 1.54) is 0 Å².